The summed E-state index contributed by atoms with van der Waals surface area (Å²) in [4.78, 5) is 17.0. The van der Waals surface area contributed by atoms with Gasteiger partial charge in [-0.05, 0) is 48.5 Å². The first-order valence-electron chi connectivity index (χ1n) is 8.57. The Morgan fingerprint density at radius 2 is 2.22 bits per heavy atom. The van der Waals surface area contributed by atoms with E-state index < -0.39 is 0 Å². The molecule has 5 heteroatoms. The molecular weight excluding hydrogens is 288 g/mol. The van der Waals surface area contributed by atoms with Gasteiger partial charge >= 0.3 is 0 Å². The monoisotopic (exact) mass is 312 g/mol. The Labute approximate surface area is 136 Å². The summed E-state index contributed by atoms with van der Waals surface area (Å²) in [6.45, 7) is 6.38. The molecule has 2 fully saturated rings. The van der Waals surface area contributed by atoms with Gasteiger partial charge in [0, 0.05) is 24.4 Å². The van der Waals surface area contributed by atoms with Crippen LogP contribution in [0.25, 0.3) is 5.65 Å². The van der Waals surface area contributed by atoms with Crippen LogP contribution in [0.3, 0.4) is 0 Å². The van der Waals surface area contributed by atoms with Gasteiger partial charge in [0.1, 0.15) is 0 Å². The molecule has 2 aromatic rings. The number of anilines is 1. The number of carbonyl (C=O) groups is 1. The van der Waals surface area contributed by atoms with Crippen molar-refractivity contribution in [3.05, 3.63) is 24.0 Å². The highest BCUT2D eigenvalue weighted by Gasteiger charge is 2.48. The van der Waals surface area contributed by atoms with Crippen molar-refractivity contribution in [2.45, 2.75) is 51.9 Å². The third-order valence-corrected chi connectivity index (χ3v) is 5.34. The van der Waals surface area contributed by atoms with E-state index in [1.54, 1.807) is 10.7 Å². The lowest BCUT2D eigenvalue weighted by Gasteiger charge is -2.19. The molecule has 0 saturated heterocycles. The molecule has 5 nitrogen and oxygen atoms in total. The van der Waals surface area contributed by atoms with Crippen LogP contribution in [-0.4, -0.2) is 20.5 Å². The fourth-order valence-electron chi connectivity index (χ4n) is 4.16. The quantitative estimate of drug-likeness (QED) is 0.945. The molecule has 2 heterocycles. The third-order valence-electron chi connectivity index (χ3n) is 5.34. The predicted molar refractivity (Wildman–Crippen MR) is 89.3 cm³/mol. The number of aromatic nitrogens is 3. The lowest BCUT2D eigenvalue weighted by Crippen LogP contribution is -2.20. The number of hydrogen-bond acceptors (Lipinski definition) is 3. The third kappa shape index (κ3) is 2.62. The maximum atomic E-state index is 12.5. The minimum absolute atomic E-state index is 0.0939. The summed E-state index contributed by atoms with van der Waals surface area (Å²) in [5, 5.41) is 7.61. The normalized spacial score (nSPS) is 26.3. The van der Waals surface area contributed by atoms with Crippen molar-refractivity contribution in [3.8, 4) is 0 Å². The van der Waals surface area contributed by atoms with Crippen LogP contribution in [0, 0.1) is 17.8 Å². The average Bonchev–Trinajstić information content (AvgIpc) is 3.00. The second kappa shape index (κ2) is 5.05. The van der Waals surface area contributed by atoms with Crippen molar-refractivity contribution in [2.75, 3.05) is 5.32 Å². The summed E-state index contributed by atoms with van der Waals surface area (Å²) >= 11 is 0. The van der Waals surface area contributed by atoms with E-state index in [1.807, 2.05) is 12.3 Å². The molecule has 4 rings (SSSR count). The second-order valence-electron chi connectivity index (χ2n) is 8.11. The van der Waals surface area contributed by atoms with Crippen LogP contribution in [0.1, 0.15) is 52.0 Å². The molecule has 3 atom stereocenters. The standard InChI is InChI=1S/C18H24N4O/c1-18(2,3)15-16(21-22-8-4-7-19-17(15)22)20-14(23)10-12-6-5-11-9-13(11)12/h4,7-8,11-13H,5-6,9-10H2,1-3H3,(H,20,21,23)/t11-,12?,13+/m0/s1. The summed E-state index contributed by atoms with van der Waals surface area (Å²) in [7, 11) is 0. The van der Waals surface area contributed by atoms with Gasteiger partial charge < -0.3 is 5.32 Å². The van der Waals surface area contributed by atoms with Gasteiger partial charge in [-0.3, -0.25) is 4.79 Å². The maximum Gasteiger partial charge on any atom is 0.225 e. The molecule has 23 heavy (non-hydrogen) atoms. The molecule has 2 saturated carbocycles. The van der Waals surface area contributed by atoms with Crippen molar-refractivity contribution >= 4 is 17.4 Å². The zero-order valence-corrected chi connectivity index (χ0v) is 14.0. The van der Waals surface area contributed by atoms with Gasteiger partial charge in [-0.2, -0.15) is 0 Å². The minimum atomic E-state index is -0.131. The fraction of sp³-hybridized carbons (Fsp3) is 0.611. The number of fused-ring (bicyclic) bond motifs is 2. The first kappa shape index (κ1) is 14.7. The van der Waals surface area contributed by atoms with Crippen molar-refractivity contribution in [2.24, 2.45) is 17.8 Å². The van der Waals surface area contributed by atoms with Crippen molar-refractivity contribution in [3.63, 3.8) is 0 Å². The Balaban J connectivity index is 1.59. The molecule has 1 amide bonds. The predicted octanol–water partition coefficient (Wildman–Crippen LogP) is 3.40. The van der Waals surface area contributed by atoms with E-state index in [2.05, 4.69) is 36.2 Å². The van der Waals surface area contributed by atoms with E-state index in [4.69, 9.17) is 0 Å². The number of hydrogen-bond donors (Lipinski definition) is 1. The van der Waals surface area contributed by atoms with Gasteiger partial charge in [0.15, 0.2) is 11.5 Å². The van der Waals surface area contributed by atoms with E-state index >= 15 is 0 Å². The second-order valence-corrected chi connectivity index (χ2v) is 8.11. The summed E-state index contributed by atoms with van der Waals surface area (Å²) in [5.74, 6) is 3.05. The van der Waals surface area contributed by atoms with Crippen LogP contribution >= 0.6 is 0 Å². The Kier molecular flexibility index (Phi) is 3.22. The van der Waals surface area contributed by atoms with E-state index in [-0.39, 0.29) is 11.3 Å². The molecule has 0 radical (unpaired) electrons. The molecule has 2 aliphatic rings. The van der Waals surface area contributed by atoms with Crippen LogP contribution in [-0.2, 0) is 10.2 Å². The molecule has 2 aliphatic carbocycles. The highest BCUT2D eigenvalue weighted by Crippen LogP contribution is 2.56. The average molecular weight is 312 g/mol. The summed E-state index contributed by atoms with van der Waals surface area (Å²) in [5.41, 5.74) is 1.69. The highest BCUT2D eigenvalue weighted by atomic mass is 16.1. The largest absolute Gasteiger partial charge is 0.309 e. The zero-order valence-electron chi connectivity index (χ0n) is 14.0. The van der Waals surface area contributed by atoms with Gasteiger partial charge in [-0.1, -0.05) is 20.8 Å². The zero-order chi connectivity index (χ0) is 16.2. The van der Waals surface area contributed by atoms with Crippen molar-refractivity contribution in [1.82, 2.24) is 14.6 Å². The molecule has 0 bridgehead atoms. The highest BCUT2D eigenvalue weighted by molar-refractivity contribution is 5.92. The van der Waals surface area contributed by atoms with E-state index in [0.29, 0.717) is 18.2 Å². The lowest BCUT2D eigenvalue weighted by molar-refractivity contribution is -0.117. The number of carbonyl (C=O) groups excluding carboxylic acids is 1. The smallest absolute Gasteiger partial charge is 0.225 e. The fourth-order valence-corrected chi connectivity index (χ4v) is 4.16. The van der Waals surface area contributed by atoms with E-state index in [0.717, 1.165) is 23.0 Å². The van der Waals surface area contributed by atoms with Crippen LogP contribution in [0.15, 0.2) is 18.5 Å². The van der Waals surface area contributed by atoms with Gasteiger partial charge in [0.25, 0.3) is 0 Å². The SMILES string of the molecule is CC(C)(C)c1c(NC(=O)CC2CC[C@H]3C[C@@H]23)nn2cccnc12. The summed E-state index contributed by atoms with van der Waals surface area (Å²) in [6, 6.07) is 1.85. The molecule has 1 unspecified atom stereocenters. The number of rotatable bonds is 3. The van der Waals surface area contributed by atoms with Crippen molar-refractivity contribution < 1.29 is 4.79 Å². The van der Waals surface area contributed by atoms with Gasteiger partial charge in [0.05, 0.1) is 0 Å². The van der Waals surface area contributed by atoms with Crippen LogP contribution < -0.4 is 5.32 Å². The first-order valence-corrected chi connectivity index (χ1v) is 8.57. The van der Waals surface area contributed by atoms with Crippen LogP contribution in [0.2, 0.25) is 0 Å². The Morgan fingerprint density at radius 1 is 1.39 bits per heavy atom. The number of amides is 1. The van der Waals surface area contributed by atoms with Gasteiger partial charge in [0.2, 0.25) is 5.91 Å². The van der Waals surface area contributed by atoms with Crippen LogP contribution in [0.4, 0.5) is 5.82 Å². The molecule has 1 N–H and O–H groups in total. The Morgan fingerprint density at radius 3 is 2.87 bits per heavy atom. The number of nitrogens with zero attached hydrogens (tertiary/aromatic N) is 3. The maximum absolute atomic E-state index is 12.5. The Bertz CT molecular complexity index is 758. The lowest BCUT2D eigenvalue weighted by atomic mass is 9.88. The molecule has 0 aromatic carbocycles. The number of nitrogens with one attached hydrogen (secondary N) is 1. The summed E-state index contributed by atoms with van der Waals surface area (Å²) in [6.07, 6.45) is 8.13. The molecule has 122 valence electrons. The van der Waals surface area contributed by atoms with E-state index in [1.165, 1.54) is 19.3 Å². The molecule has 0 spiro atoms. The minimum Gasteiger partial charge on any atom is -0.309 e. The Hall–Kier alpha value is -1.91. The topological polar surface area (TPSA) is 59.3 Å². The van der Waals surface area contributed by atoms with E-state index in [9.17, 15) is 4.79 Å². The summed E-state index contributed by atoms with van der Waals surface area (Å²) < 4.78 is 1.75. The molecule has 2 aromatic heterocycles. The van der Waals surface area contributed by atoms with Crippen LogP contribution in [0.5, 0.6) is 0 Å². The van der Waals surface area contributed by atoms with Crippen molar-refractivity contribution in [1.29, 1.82) is 0 Å². The molecular formula is C18H24N4O. The first-order chi connectivity index (χ1) is 10.9. The van der Waals surface area contributed by atoms with Gasteiger partial charge in [-0.25, -0.2) is 9.50 Å². The van der Waals surface area contributed by atoms with Gasteiger partial charge in [-0.15, -0.1) is 5.10 Å². The molecule has 0 aliphatic heterocycles.